The Morgan fingerprint density at radius 2 is 2.00 bits per heavy atom. The Balaban J connectivity index is 2.10. The Morgan fingerprint density at radius 1 is 1.25 bits per heavy atom. The lowest BCUT2D eigenvalue weighted by Crippen LogP contribution is -2.19. The van der Waals surface area contributed by atoms with Gasteiger partial charge in [0, 0.05) is 16.2 Å². The van der Waals surface area contributed by atoms with Crippen molar-refractivity contribution in [1.82, 2.24) is 0 Å². The molecule has 1 aliphatic carbocycles. The fourth-order valence-electron chi connectivity index (χ4n) is 2.64. The molecule has 1 fully saturated rings. The molecule has 2 rings (SSSR count). The number of halogens is 1. The van der Waals surface area contributed by atoms with E-state index in [0.717, 1.165) is 28.9 Å². The molecule has 0 aliphatic heterocycles. The quantitative estimate of drug-likeness (QED) is 0.810. The van der Waals surface area contributed by atoms with Crippen molar-refractivity contribution in [2.75, 3.05) is 5.32 Å². The van der Waals surface area contributed by atoms with Crippen molar-refractivity contribution in [3.05, 3.63) is 22.7 Å². The predicted molar refractivity (Wildman–Crippen MR) is 85.2 cm³/mol. The van der Waals surface area contributed by atoms with Crippen LogP contribution < -0.4 is 10.5 Å². The summed E-state index contributed by atoms with van der Waals surface area (Å²) >= 11 is 3.42. The molecule has 1 aliphatic rings. The average molecular weight is 361 g/mol. The minimum atomic E-state index is -3.65. The van der Waals surface area contributed by atoms with E-state index in [-0.39, 0.29) is 4.90 Å². The first-order valence-corrected chi connectivity index (χ1v) is 9.29. The standard InChI is InChI=1S/C14H21BrN2O2S/c1-10-3-2-4-11(6-5-10)17-14-8-7-12(9-13(14)15)20(16,18)19/h7-11,17H,2-6H2,1H3,(H2,16,18,19). The molecule has 0 spiro atoms. The highest BCUT2D eigenvalue weighted by Gasteiger charge is 2.17. The fourth-order valence-corrected chi connectivity index (χ4v) is 3.83. The third kappa shape index (κ3) is 4.20. The third-order valence-corrected chi connectivity index (χ3v) is 5.45. The molecule has 1 aromatic carbocycles. The van der Waals surface area contributed by atoms with Gasteiger partial charge in [0.15, 0.2) is 0 Å². The van der Waals surface area contributed by atoms with Crippen LogP contribution in [0, 0.1) is 5.92 Å². The first kappa shape index (κ1) is 15.8. The van der Waals surface area contributed by atoms with Crippen LogP contribution in [-0.4, -0.2) is 14.5 Å². The van der Waals surface area contributed by atoms with Crippen molar-refractivity contribution in [1.29, 1.82) is 0 Å². The van der Waals surface area contributed by atoms with Gasteiger partial charge in [-0.05, 0) is 59.3 Å². The molecule has 6 heteroatoms. The molecule has 0 radical (unpaired) electrons. The first-order valence-electron chi connectivity index (χ1n) is 6.95. The molecule has 112 valence electrons. The molecule has 1 saturated carbocycles. The zero-order chi connectivity index (χ0) is 14.8. The van der Waals surface area contributed by atoms with Gasteiger partial charge in [-0.15, -0.1) is 0 Å². The summed E-state index contributed by atoms with van der Waals surface area (Å²) < 4.78 is 23.3. The van der Waals surface area contributed by atoms with Gasteiger partial charge >= 0.3 is 0 Å². The lowest BCUT2D eigenvalue weighted by Gasteiger charge is -2.19. The van der Waals surface area contributed by atoms with Crippen LogP contribution in [0.5, 0.6) is 0 Å². The summed E-state index contributed by atoms with van der Waals surface area (Å²) in [6.07, 6.45) is 6.10. The van der Waals surface area contributed by atoms with E-state index in [1.165, 1.54) is 19.3 Å². The third-order valence-electron chi connectivity index (χ3n) is 3.89. The number of rotatable bonds is 3. The van der Waals surface area contributed by atoms with E-state index in [4.69, 9.17) is 5.14 Å². The van der Waals surface area contributed by atoms with Gasteiger partial charge in [-0.2, -0.15) is 0 Å². The number of anilines is 1. The molecular weight excluding hydrogens is 340 g/mol. The Hall–Kier alpha value is -0.590. The van der Waals surface area contributed by atoms with Gasteiger partial charge in [-0.3, -0.25) is 0 Å². The molecule has 4 nitrogen and oxygen atoms in total. The van der Waals surface area contributed by atoms with Crippen molar-refractivity contribution in [2.45, 2.75) is 50.0 Å². The lowest BCUT2D eigenvalue weighted by atomic mass is 10.0. The Morgan fingerprint density at radius 3 is 2.65 bits per heavy atom. The Labute approximate surface area is 129 Å². The summed E-state index contributed by atoms with van der Waals surface area (Å²) in [5.74, 6) is 0.801. The molecular formula is C14H21BrN2O2S. The Kier molecular flexibility index (Phi) is 5.09. The van der Waals surface area contributed by atoms with Crippen molar-refractivity contribution < 1.29 is 8.42 Å². The highest BCUT2D eigenvalue weighted by Crippen LogP contribution is 2.29. The smallest absolute Gasteiger partial charge is 0.238 e. The van der Waals surface area contributed by atoms with Crippen molar-refractivity contribution in [2.24, 2.45) is 11.1 Å². The van der Waals surface area contributed by atoms with Crippen LogP contribution in [-0.2, 0) is 10.0 Å². The monoisotopic (exact) mass is 360 g/mol. The van der Waals surface area contributed by atoms with Crippen LogP contribution >= 0.6 is 15.9 Å². The minimum absolute atomic E-state index is 0.129. The van der Waals surface area contributed by atoms with Crippen LogP contribution in [0.4, 0.5) is 5.69 Å². The first-order chi connectivity index (χ1) is 9.36. The molecule has 3 N–H and O–H groups in total. The second kappa shape index (κ2) is 6.45. The summed E-state index contributed by atoms with van der Waals surface area (Å²) in [7, 11) is -3.65. The van der Waals surface area contributed by atoms with Crippen LogP contribution in [0.25, 0.3) is 0 Å². The number of hydrogen-bond donors (Lipinski definition) is 2. The SMILES string of the molecule is CC1CCCC(Nc2ccc(S(N)(=O)=O)cc2Br)CC1. The zero-order valence-corrected chi connectivity index (χ0v) is 14.0. The lowest BCUT2D eigenvalue weighted by molar-refractivity contribution is 0.502. The van der Waals surface area contributed by atoms with Gasteiger partial charge in [-0.25, -0.2) is 13.6 Å². The summed E-state index contributed by atoms with van der Waals surface area (Å²) in [6, 6.07) is 5.33. The van der Waals surface area contributed by atoms with Crippen molar-refractivity contribution in [3.63, 3.8) is 0 Å². The van der Waals surface area contributed by atoms with E-state index >= 15 is 0 Å². The average Bonchev–Trinajstić information content (AvgIpc) is 2.56. The van der Waals surface area contributed by atoms with Gasteiger partial charge in [0.2, 0.25) is 10.0 Å². The van der Waals surface area contributed by atoms with Crippen LogP contribution in [0.2, 0.25) is 0 Å². The van der Waals surface area contributed by atoms with Crippen LogP contribution in [0.3, 0.4) is 0 Å². The number of nitrogens with two attached hydrogens (primary N) is 1. The minimum Gasteiger partial charge on any atom is -0.381 e. The second-order valence-corrected chi connectivity index (χ2v) is 8.06. The summed E-state index contributed by atoms with van der Waals surface area (Å²) in [4.78, 5) is 0.129. The van der Waals surface area contributed by atoms with Crippen molar-refractivity contribution in [3.8, 4) is 0 Å². The van der Waals surface area contributed by atoms with Crippen LogP contribution in [0.1, 0.15) is 39.0 Å². The van der Waals surface area contributed by atoms with Gasteiger partial charge < -0.3 is 5.32 Å². The fraction of sp³-hybridized carbons (Fsp3) is 0.571. The van der Waals surface area contributed by atoms with Gasteiger partial charge in [0.1, 0.15) is 0 Å². The number of sulfonamides is 1. The van der Waals surface area contributed by atoms with E-state index in [2.05, 4.69) is 28.2 Å². The molecule has 20 heavy (non-hydrogen) atoms. The molecule has 0 saturated heterocycles. The predicted octanol–water partition coefficient (Wildman–Crippen LogP) is 3.48. The molecule has 1 aromatic rings. The van der Waals surface area contributed by atoms with E-state index in [9.17, 15) is 8.42 Å². The van der Waals surface area contributed by atoms with E-state index in [0.29, 0.717) is 6.04 Å². The maximum absolute atomic E-state index is 11.3. The molecule has 2 atom stereocenters. The maximum Gasteiger partial charge on any atom is 0.238 e. The molecule has 0 aromatic heterocycles. The summed E-state index contributed by atoms with van der Waals surface area (Å²) in [6.45, 7) is 2.30. The number of hydrogen-bond acceptors (Lipinski definition) is 3. The largest absolute Gasteiger partial charge is 0.381 e. The number of primary sulfonamides is 1. The summed E-state index contributed by atoms with van der Waals surface area (Å²) in [5.41, 5.74) is 0.928. The highest BCUT2D eigenvalue weighted by atomic mass is 79.9. The number of benzene rings is 1. The van der Waals surface area contributed by atoms with E-state index in [1.807, 2.05) is 0 Å². The summed E-state index contributed by atoms with van der Waals surface area (Å²) in [5, 5.41) is 8.63. The maximum atomic E-state index is 11.3. The van der Waals surface area contributed by atoms with Gasteiger partial charge in [0.25, 0.3) is 0 Å². The molecule has 0 bridgehead atoms. The second-order valence-electron chi connectivity index (χ2n) is 5.64. The highest BCUT2D eigenvalue weighted by molar-refractivity contribution is 9.10. The molecule has 0 amide bonds. The van der Waals surface area contributed by atoms with Crippen molar-refractivity contribution >= 4 is 31.6 Å². The normalized spacial score (nSPS) is 24.1. The van der Waals surface area contributed by atoms with E-state index < -0.39 is 10.0 Å². The van der Waals surface area contributed by atoms with E-state index in [1.54, 1.807) is 18.2 Å². The number of nitrogens with one attached hydrogen (secondary N) is 1. The topological polar surface area (TPSA) is 72.2 Å². The van der Waals surface area contributed by atoms with Gasteiger partial charge in [-0.1, -0.05) is 19.8 Å². The van der Waals surface area contributed by atoms with Gasteiger partial charge in [0.05, 0.1) is 4.90 Å². The zero-order valence-electron chi connectivity index (χ0n) is 11.6. The van der Waals surface area contributed by atoms with Crippen LogP contribution in [0.15, 0.2) is 27.6 Å². The Bertz CT molecular complexity index is 575. The molecule has 2 unspecified atom stereocenters. The molecule has 0 heterocycles.